The van der Waals surface area contributed by atoms with E-state index in [1.54, 1.807) is 23.1 Å². The summed E-state index contributed by atoms with van der Waals surface area (Å²) in [6.07, 6.45) is 0.516. The van der Waals surface area contributed by atoms with Gasteiger partial charge in [0, 0.05) is 34.0 Å². The molecule has 0 saturated carbocycles. The molecule has 1 N–H and O–H groups in total. The predicted octanol–water partition coefficient (Wildman–Crippen LogP) is 3.49. The van der Waals surface area contributed by atoms with Crippen LogP contribution in [0, 0.1) is 32.6 Å². The molecule has 0 spiro atoms. The van der Waals surface area contributed by atoms with Gasteiger partial charge in [0.2, 0.25) is 0 Å². The number of thiophene rings is 1. The summed E-state index contributed by atoms with van der Waals surface area (Å²) in [5, 5.41) is 11.6. The molecule has 0 unspecified atom stereocenters. The Hall–Kier alpha value is -1.35. The summed E-state index contributed by atoms with van der Waals surface area (Å²) in [5.74, 6) is 6.90. The minimum Gasteiger partial charge on any atom is -0.395 e. The van der Waals surface area contributed by atoms with Crippen LogP contribution < -0.4 is 0 Å². The van der Waals surface area contributed by atoms with Crippen LogP contribution in [0.5, 0.6) is 0 Å². The highest BCUT2D eigenvalue weighted by Gasteiger charge is 2.08. The van der Waals surface area contributed by atoms with Gasteiger partial charge in [0.15, 0.2) is 5.16 Å². The van der Waals surface area contributed by atoms with Gasteiger partial charge in [-0.1, -0.05) is 23.6 Å². The first kappa shape index (κ1) is 16.0. The molecule has 0 amide bonds. The van der Waals surface area contributed by atoms with Crippen LogP contribution in [0.1, 0.15) is 33.8 Å². The fraction of sp³-hybridized carbons (Fsp3) is 0.375. The molecule has 0 aliphatic heterocycles. The van der Waals surface area contributed by atoms with E-state index < -0.39 is 0 Å². The quantitative estimate of drug-likeness (QED) is 0.532. The van der Waals surface area contributed by atoms with Crippen molar-refractivity contribution in [2.24, 2.45) is 0 Å². The molecule has 5 heteroatoms. The van der Waals surface area contributed by atoms with E-state index in [4.69, 9.17) is 5.11 Å². The third-order valence-corrected chi connectivity index (χ3v) is 5.13. The summed E-state index contributed by atoms with van der Waals surface area (Å²) in [5.41, 5.74) is 4.28. The molecule has 0 aliphatic carbocycles. The van der Waals surface area contributed by atoms with Crippen molar-refractivity contribution >= 4 is 23.1 Å². The molecule has 2 heterocycles. The first-order valence-corrected chi connectivity index (χ1v) is 8.59. The molecule has 3 nitrogen and oxygen atoms in total. The van der Waals surface area contributed by atoms with E-state index in [1.165, 1.54) is 4.88 Å². The highest BCUT2D eigenvalue weighted by molar-refractivity contribution is 7.98. The van der Waals surface area contributed by atoms with Gasteiger partial charge in [-0.2, -0.15) is 0 Å². The monoisotopic (exact) mass is 318 g/mol. The van der Waals surface area contributed by atoms with Crippen molar-refractivity contribution < 1.29 is 5.11 Å². The highest BCUT2D eigenvalue weighted by Crippen LogP contribution is 2.26. The van der Waals surface area contributed by atoms with Crippen LogP contribution in [0.15, 0.2) is 16.6 Å². The van der Waals surface area contributed by atoms with Crippen LogP contribution in [0.2, 0.25) is 0 Å². The summed E-state index contributed by atoms with van der Waals surface area (Å²) in [6, 6.07) is 2.03. The second-order valence-corrected chi connectivity index (χ2v) is 6.57. The van der Waals surface area contributed by atoms with Gasteiger partial charge in [0.1, 0.15) is 0 Å². The Balaban J connectivity index is 2.08. The lowest BCUT2D eigenvalue weighted by Gasteiger charge is -2.06. The maximum Gasteiger partial charge on any atom is 0.188 e. The molecule has 2 aromatic rings. The number of aromatic nitrogens is 2. The second kappa shape index (κ2) is 7.60. The Morgan fingerprint density at radius 2 is 1.95 bits per heavy atom. The third kappa shape index (κ3) is 4.31. The van der Waals surface area contributed by atoms with Gasteiger partial charge >= 0.3 is 0 Å². The lowest BCUT2D eigenvalue weighted by Crippen LogP contribution is -1.98. The molecule has 0 saturated heterocycles. The van der Waals surface area contributed by atoms with E-state index in [1.807, 2.05) is 32.2 Å². The van der Waals surface area contributed by atoms with E-state index in [-0.39, 0.29) is 6.61 Å². The molecular weight excluding hydrogens is 300 g/mol. The molecule has 0 fully saturated rings. The van der Waals surface area contributed by atoms with Crippen molar-refractivity contribution in [3.05, 3.63) is 38.8 Å². The number of rotatable bonds is 4. The zero-order valence-corrected chi connectivity index (χ0v) is 14.1. The average molecular weight is 318 g/mol. The van der Waals surface area contributed by atoms with Gasteiger partial charge in [-0.05, 0) is 37.8 Å². The van der Waals surface area contributed by atoms with Crippen LogP contribution in [0.3, 0.4) is 0 Å². The topological polar surface area (TPSA) is 46.0 Å². The lowest BCUT2D eigenvalue weighted by atomic mass is 10.2. The smallest absolute Gasteiger partial charge is 0.188 e. The highest BCUT2D eigenvalue weighted by atomic mass is 32.2. The van der Waals surface area contributed by atoms with Gasteiger partial charge in [0.25, 0.3) is 0 Å². The normalized spacial score (nSPS) is 10.3. The summed E-state index contributed by atoms with van der Waals surface area (Å²) in [4.78, 5) is 10.3. The third-order valence-electron chi connectivity index (χ3n) is 3.15. The largest absolute Gasteiger partial charge is 0.395 e. The number of aliphatic hydroxyl groups excluding tert-OH is 1. The van der Waals surface area contributed by atoms with E-state index >= 15 is 0 Å². The van der Waals surface area contributed by atoms with Gasteiger partial charge in [-0.25, -0.2) is 9.97 Å². The van der Waals surface area contributed by atoms with Crippen molar-refractivity contribution in [2.45, 2.75) is 38.1 Å². The Morgan fingerprint density at radius 1 is 1.24 bits per heavy atom. The fourth-order valence-electron chi connectivity index (χ4n) is 1.71. The Bertz CT molecular complexity index is 660. The SMILES string of the molecule is Cc1nc(SCc2sccc2C#CCCO)nc(C)c1C. The van der Waals surface area contributed by atoms with E-state index in [0.717, 1.165) is 33.4 Å². The molecule has 0 aliphatic rings. The second-order valence-electron chi connectivity index (χ2n) is 4.62. The van der Waals surface area contributed by atoms with Crippen molar-refractivity contribution in [2.75, 3.05) is 6.61 Å². The molecule has 0 atom stereocenters. The number of aryl methyl sites for hydroxylation is 2. The van der Waals surface area contributed by atoms with Gasteiger partial charge in [-0.15, -0.1) is 11.3 Å². The summed E-state index contributed by atoms with van der Waals surface area (Å²) < 4.78 is 0. The fourth-order valence-corrected chi connectivity index (χ4v) is 3.60. The molecule has 21 heavy (non-hydrogen) atoms. The first-order valence-electron chi connectivity index (χ1n) is 6.72. The summed E-state index contributed by atoms with van der Waals surface area (Å²) in [6.45, 7) is 6.19. The molecule has 2 rings (SSSR count). The predicted molar refractivity (Wildman–Crippen MR) is 88.7 cm³/mol. The van der Waals surface area contributed by atoms with Crippen molar-refractivity contribution in [3.8, 4) is 11.8 Å². The van der Waals surface area contributed by atoms with Crippen molar-refractivity contribution in [1.29, 1.82) is 0 Å². The minimum atomic E-state index is 0.108. The number of hydrogen-bond donors (Lipinski definition) is 1. The van der Waals surface area contributed by atoms with Gasteiger partial charge in [0.05, 0.1) is 6.61 Å². The number of nitrogens with zero attached hydrogens (tertiary/aromatic N) is 2. The molecule has 110 valence electrons. The van der Waals surface area contributed by atoms with Crippen molar-refractivity contribution in [3.63, 3.8) is 0 Å². The van der Waals surface area contributed by atoms with Crippen LogP contribution in [0.4, 0.5) is 0 Å². The summed E-state index contributed by atoms with van der Waals surface area (Å²) >= 11 is 3.34. The van der Waals surface area contributed by atoms with E-state index in [0.29, 0.717) is 6.42 Å². The standard InChI is InChI=1S/C16H18N2OS2/c1-11-12(2)17-16(18-13(11)3)21-10-15-14(7-9-20-15)6-4-5-8-19/h7,9,19H,5,8,10H2,1-3H3. The number of hydrogen-bond acceptors (Lipinski definition) is 5. The number of thioether (sulfide) groups is 1. The number of aliphatic hydroxyl groups is 1. The van der Waals surface area contributed by atoms with Crippen LogP contribution in [-0.2, 0) is 5.75 Å². The van der Waals surface area contributed by atoms with Gasteiger partial charge in [-0.3, -0.25) is 0 Å². The molecule has 2 aromatic heterocycles. The maximum atomic E-state index is 8.77. The zero-order chi connectivity index (χ0) is 15.2. The maximum absolute atomic E-state index is 8.77. The summed E-state index contributed by atoms with van der Waals surface area (Å²) in [7, 11) is 0. The van der Waals surface area contributed by atoms with Crippen LogP contribution in [-0.4, -0.2) is 21.7 Å². The molecule has 0 radical (unpaired) electrons. The van der Waals surface area contributed by atoms with Gasteiger partial charge < -0.3 is 5.11 Å². The molecular formula is C16H18N2OS2. The minimum absolute atomic E-state index is 0.108. The average Bonchev–Trinajstić information content (AvgIpc) is 2.90. The van der Waals surface area contributed by atoms with E-state index in [2.05, 4.69) is 21.8 Å². The Morgan fingerprint density at radius 3 is 2.62 bits per heavy atom. The first-order chi connectivity index (χ1) is 10.1. The van der Waals surface area contributed by atoms with Crippen LogP contribution >= 0.6 is 23.1 Å². The zero-order valence-electron chi connectivity index (χ0n) is 12.4. The lowest BCUT2D eigenvalue weighted by molar-refractivity contribution is 0.305. The van der Waals surface area contributed by atoms with Crippen LogP contribution in [0.25, 0.3) is 0 Å². The Kier molecular flexibility index (Phi) is 5.80. The Labute approximate surface area is 133 Å². The molecule has 0 aromatic carbocycles. The molecule has 0 bridgehead atoms. The van der Waals surface area contributed by atoms with E-state index in [9.17, 15) is 0 Å². The van der Waals surface area contributed by atoms with Crippen molar-refractivity contribution in [1.82, 2.24) is 9.97 Å².